The smallest absolute Gasteiger partial charge is 0.257 e. The normalized spacial score (nSPS) is 11.3. The summed E-state index contributed by atoms with van der Waals surface area (Å²) < 4.78 is 26.1. The van der Waals surface area contributed by atoms with E-state index in [0.717, 1.165) is 5.39 Å². The van der Waals surface area contributed by atoms with Crippen LogP contribution in [0.5, 0.6) is 0 Å². The summed E-state index contributed by atoms with van der Waals surface area (Å²) >= 11 is 0. The highest BCUT2D eigenvalue weighted by Gasteiger charge is 2.24. The van der Waals surface area contributed by atoms with Gasteiger partial charge >= 0.3 is 0 Å². The molecule has 5 nitrogen and oxygen atoms in total. The summed E-state index contributed by atoms with van der Waals surface area (Å²) in [7, 11) is -3.83. The fraction of sp³-hybridized carbons (Fsp3) is 0. The molecular formula is C22H16N2O3S. The molecule has 0 saturated heterocycles. The van der Waals surface area contributed by atoms with Crippen molar-refractivity contribution in [3.8, 4) is 0 Å². The van der Waals surface area contributed by atoms with Gasteiger partial charge in [0.2, 0.25) is 9.84 Å². The zero-order valence-electron chi connectivity index (χ0n) is 14.7. The molecule has 1 aromatic heterocycles. The summed E-state index contributed by atoms with van der Waals surface area (Å²) in [5, 5.41) is 3.68. The molecular weight excluding hydrogens is 372 g/mol. The summed E-state index contributed by atoms with van der Waals surface area (Å²) in [5.74, 6) is -0.506. The van der Waals surface area contributed by atoms with E-state index in [2.05, 4.69) is 10.3 Å². The van der Waals surface area contributed by atoms with Crippen LogP contribution in [0.4, 0.5) is 5.69 Å². The van der Waals surface area contributed by atoms with Gasteiger partial charge in [-0.2, -0.15) is 0 Å². The molecule has 0 radical (unpaired) electrons. The maximum absolute atomic E-state index is 13.0. The maximum atomic E-state index is 13.0. The number of nitrogens with zero attached hydrogens (tertiary/aromatic N) is 1. The van der Waals surface area contributed by atoms with E-state index in [9.17, 15) is 13.2 Å². The molecule has 3 aromatic carbocycles. The Bertz CT molecular complexity index is 1260. The number of carbonyl (C=O) groups excluding carboxylic acids is 1. The van der Waals surface area contributed by atoms with Crippen LogP contribution in [0.2, 0.25) is 0 Å². The van der Waals surface area contributed by atoms with Crippen LogP contribution in [-0.2, 0) is 9.84 Å². The van der Waals surface area contributed by atoms with Crippen LogP contribution in [0.1, 0.15) is 10.4 Å². The molecule has 1 amide bonds. The van der Waals surface area contributed by atoms with Gasteiger partial charge in [-0.15, -0.1) is 0 Å². The van der Waals surface area contributed by atoms with Crippen LogP contribution >= 0.6 is 0 Å². The van der Waals surface area contributed by atoms with Gasteiger partial charge in [-0.3, -0.25) is 9.78 Å². The van der Waals surface area contributed by atoms with Crippen molar-refractivity contribution in [1.29, 1.82) is 0 Å². The fourth-order valence-electron chi connectivity index (χ4n) is 3.01. The van der Waals surface area contributed by atoms with Gasteiger partial charge in [0.1, 0.15) is 0 Å². The van der Waals surface area contributed by atoms with Crippen LogP contribution in [0.15, 0.2) is 101 Å². The molecule has 1 N–H and O–H groups in total. The molecule has 138 valence electrons. The minimum atomic E-state index is -3.83. The monoisotopic (exact) mass is 388 g/mol. The molecule has 0 aliphatic rings. The quantitative estimate of drug-likeness (QED) is 0.565. The number of benzene rings is 3. The molecule has 4 rings (SSSR count). The van der Waals surface area contributed by atoms with E-state index in [4.69, 9.17) is 0 Å². The van der Waals surface area contributed by atoms with Crippen molar-refractivity contribution in [2.45, 2.75) is 9.79 Å². The lowest BCUT2D eigenvalue weighted by Crippen LogP contribution is -2.17. The van der Waals surface area contributed by atoms with Crippen LogP contribution < -0.4 is 5.32 Å². The predicted molar refractivity (Wildman–Crippen MR) is 108 cm³/mol. The van der Waals surface area contributed by atoms with E-state index in [1.165, 1.54) is 24.3 Å². The molecule has 0 aliphatic heterocycles. The number of aromatic nitrogens is 1. The second-order valence-electron chi connectivity index (χ2n) is 6.15. The Morgan fingerprint density at radius 3 is 2.32 bits per heavy atom. The number of carbonyl (C=O) groups is 1. The Kier molecular flexibility index (Phi) is 4.63. The summed E-state index contributed by atoms with van der Waals surface area (Å²) in [5.41, 5.74) is 1.25. The third-order valence-corrected chi connectivity index (χ3v) is 6.18. The van der Waals surface area contributed by atoms with Gasteiger partial charge in [0.05, 0.1) is 26.6 Å². The number of hydrogen-bond acceptors (Lipinski definition) is 4. The lowest BCUT2D eigenvalue weighted by Gasteiger charge is -2.12. The number of pyridine rings is 1. The van der Waals surface area contributed by atoms with Crippen LogP contribution in [0.25, 0.3) is 10.9 Å². The number of sulfone groups is 1. The van der Waals surface area contributed by atoms with Gasteiger partial charge in [-0.05, 0) is 36.4 Å². The Morgan fingerprint density at radius 1 is 0.786 bits per heavy atom. The van der Waals surface area contributed by atoms with E-state index >= 15 is 0 Å². The van der Waals surface area contributed by atoms with Crippen molar-refractivity contribution < 1.29 is 13.2 Å². The van der Waals surface area contributed by atoms with Crippen LogP contribution in [0, 0.1) is 0 Å². The molecule has 0 atom stereocenters. The minimum Gasteiger partial charge on any atom is -0.320 e. The average Bonchev–Trinajstić information content (AvgIpc) is 2.74. The fourth-order valence-corrected chi connectivity index (χ4v) is 4.49. The Hall–Kier alpha value is -3.51. The third kappa shape index (κ3) is 3.25. The zero-order valence-corrected chi connectivity index (χ0v) is 15.6. The number of anilines is 1. The molecule has 1 heterocycles. The molecule has 4 aromatic rings. The summed E-state index contributed by atoms with van der Waals surface area (Å²) in [6.45, 7) is 0. The number of amides is 1. The van der Waals surface area contributed by atoms with Crippen molar-refractivity contribution in [3.05, 3.63) is 96.7 Å². The Labute approximate surface area is 162 Å². The molecule has 0 unspecified atom stereocenters. The van der Waals surface area contributed by atoms with E-state index < -0.39 is 15.7 Å². The van der Waals surface area contributed by atoms with Crippen molar-refractivity contribution in [1.82, 2.24) is 4.98 Å². The molecule has 0 aliphatic carbocycles. The zero-order chi connectivity index (χ0) is 19.6. The highest BCUT2D eigenvalue weighted by molar-refractivity contribution is 7.91. The van der Waals surface area contributed by atoms with Gasteiger partial charge in [0, 0.05) is 11.6 Å². The van der Waals surface area contributed by atoms with Gasteiger partial charge < -0.3 is 5.32 Å². The first-order valence-electron chi connectivity index (χ1n) is 8.61. The second kappa shape index (κ2) is 7.25. The molecule has 6 heteroatoms. The van der Waals surface area contributed by atoms with E-state index in [1.54, 1.807) is 42.6 Å². The molecule has 0 fully saturated rings. The van der Waals surface area contributed by atoms with E-state index in [0.29, 0.717) is 11.2 Å². The third-order valence-electron chi connectivity index (χ3n) is 4.36. The van der Waals surface area contributed by atoms with Crippen LogP contribution in [0.3, 0.4) is 0 Å². The first-order chi connectivity index (χ1) is 13.6. The summed E-state index contributed by atoms with van der Waals surface area (Å²) in [6.07, 6.45) is 1.64. The van der Waals surface area contributed by atoms with E-state index in [1.807, 2.05) is 24.3 Å². The van der Waals surface area contributed by atoms with Gasteiger partial charge in [-0.25, -0.2) is 8.42 Å². The molecule has 0 bridgehead atoms. The first kappa shape index (κ1) is 17.9. The van der Waals surface area contributed by atoms with Crippen molar-refractivity contribution >= 4 is 32.3 Å². The standard InChI is InChI=1S/C22H16N2O3S/c25-22(24-19-13-6-8-16-9-7-15-23-21(16)19)18-12-4-5-14-20(18)28(26,27)17-10-2-1-3-11-17/h1-15H,(H,24,25). The van der Waals surface area contributed by atoms with Gasteiger partial charge in [0.15, 0.2) is 0 Å². The highest BCUT2D eigenvalue weighted by Crippen LogP contribution is 2.26. The first-order valence-corrected chi connectivity index (χ1v) is 10.1. The lowest BCUT2D eigenvalue weighted by atomic mass is 10.1. The van der Waals surface area contributed by atoms with Gasteiger partial charge in [-0.1, -0.05) is 48.5 Å². The maximum Gasteiger partial charge on any atom is 0.257 e. The Balaban J connectivity index is 1.76. The van der Waals surface area contributed by atoms with E-state index in [-0.39, 0.29) is 15.4 Å². The van der Waals surface area contributed by atoms with Crippen LogP contribution in [-0.4, -0.2) is 19.3 Å². The SMILES string of the molecule is O=C(Nc1cccc2cccnc12)c1ccccc1S(=O)(=O)c1ccccc1. The number of hydrogen-bond donors (Lipinski definition) is 1. The molecule has 28 heavy (non-hydrogen) atoms. The second-order valence-corrected chi connectivity index (χ2v) is 8.07. The number of fused-ring (bicyclic) bond motifs is 1. The largest absolute Gasteiger partial charge is 0.320 e. The number of para-hydroxylation sites is 1. The summed E-state index contributed by atoms with van der Waals surface area (Å²) in [6, 6.07) is 23.4. The highest BCUT2D eigenvalue weighted by atomic mass is 32.2. The lowest BCUT2D eigenvalue weighted by molar-refractivity contribution is 0.102. The predicted octanol–water partition coefficient (Wildman–Crippen LogP) is 4.32. The summed E-state index contributed by atoms with van der Waals surface area (Å²) in [4.78, 5) is 17.4. The Morgan fingerprint density at radius 2 is 1.50 bits per heavy atom. The average molecular weight is 388 g/mol. The number of rotatable bonds is 4. The van der Waals surface area contributed by atoms with Crippen molar-refractivity contribution in [2.75, 3.05) is 5.32 Å². The molecule has 0 saturated carbocycles. The van der Waals surface area contributed by atoms with Gasteiger partial charge in [0.25, 0.3) is 5.91 Å². The van der Waals surface area contributed by atoms with Crippen molar-refractivity contribution in [2.24, 2.45) is 0 Å². The number of nitrogens with one attached hydrogen (secondary N) is 1. The molecule has 0 spiro atoms. The van der Waals surface area contributed by atoms with Crippen molar-refractivity contribution in [3.63, 3.8) is 0 Å². The topological polar surface area (TPSA) is 76.1 Å². The minimum absolute atomic E-state index is 0.0353.